The molecule has 35 heavy (non-hydrogen) atoms. The minimum Gasteiger partial charge on any atom is -0.492 e. The Morgan fingerprint density at radius 1 is 1.11 bits per heavy atom. The summed E-state index contributed by atoms with van der Waals surface area (Å²) in [7, 11) is 0. The van der Waals surface area contributed by atoms with Gasteiger partial charge in [-0.05, 0) is 53.2 Å². The second-order valence-electron chi connectivity index (χ2n) is 8.13. The molecule has 1 aliphatic rings. The maximum atomic E-state index is 15.5. The minimum absolute atomic E-state index is 0.191. The highest BCUT2D eigenvalue weighted by Crippen LogP contribution is 2.31. The molecule has 5 rings (SSSR count). The van der Waals surface area contributed by atoms with E-state index in [-0.39, 0.29) is 17.3 Å². The molecule has 4 heterocycles. The molecule has 0 saturated carbocycles. The van der Waals surface area contributed by atoms with E-state index < -0.39 is 5.82 Å². The molecule has 1 aromatic carbocycles. The standard InChI is InChI=1S/C24H25FN8O2/c1-16-21(35-13-10-32-8-11-34-12-9-32)3-2-20(22(16)25)33-24(29-30-31-33)19-14-18(15-28-23(19)26)17-4-6-27-7-5-17/h2-7,14-15H,8-13H2,1H3,(H2,26,28). The Bertz CT molecular complexity index is 1310. The SMILES string of the molecule is Cc1c(OCCN2CCOCC2)ccc(-n2nnnc2-c2cc(-c3ccncc3)cnc2N)c1F. The lowest BCUT2D eigenvalue weighted by Crippen LogP contribution is -2.38. The minimum atomic E-state index is -0.473. The molecule has 0 radical (unpaired) electrons. The summed E-state index contributed by atoms with van der Waals surface area (Å²) in [6, 6.07) is 8.88. The van der Waals surface area contributed by atoms with Gasteiger partial charge in [0.25, 0.3) is 0 Å². The van der Waals surface area contributed by atoms with Gasteiger partial charge in [-0.25, -0.2) is 9.37 Å². The first-order chi connectivity index (χ1) is 17.1. The van der Waals surface area contributed by atoms with Gasteiger partial charge in [0.15, 0.2) is 11.6 Å². The van der Waals surface area contributed by atoms with Crippen molar-refractivity contribution in [3.05, 3.63) is 60.3 Å². The third kappa shape index (κ3) is 4.81. The van der Waals surface area contributed by atoms with Gasteiger partial charge in [0.05, 0.1) is 18.8 Å². The van der Waals surface area contributed by atoms with Crippen LogP contribution in [0.25, 0.3) is 28.2 Å². The van der Waals surface area contributed by atoms with Crippen LogP contribution in [0, 0.1) is 12.7 Å². The first-order valence-corrected chi connectivity index (χ1v) is 11.3. The number of halogens is 1. The number of tetrazole rings is 1. The van der Waals surface area contributed by atoms with E-state index in [9.17, 15) is 0 Å². The van der Waals surface area contributed by atoms with Crippen LogP contribution < -0.4 is 10.5 Å². The number of ether oxygens (including phenoxy) is 2. The largest absolute Gasteiger partial charge is 0.492 e. The van der Waals surface area contributed by atoms with E-state index in [1.807, 2.05) is 18.2 Å². The van der Waals surface area contributed by atoms with Gasteiger partial charge in [-0.1, -0.05) is 0 Å². The van der Waals surface area contributed by atoms with Gasteiger partial charge in [0.1, 0.15) is 23.9 Å². The maximum absolute atomic E-state index is 15.5. The van der Waals surface area contributed by atoms with Crippen LogP contribution in [0.3, 0.4) is 0 Å². The third-order valence-corrected chi connectivity index (χ3v) is 5.96. The van der Waals surface area contributed by atoms with Crippen molar-refractivity contribution in [3.63, 3.8) is 0 Å². The molecule has 1 aliphatic heterocycles. The number of hydrogen-bond donors (Lipinski definition) is 1. The number of hydrogen-bond acceptors (Lipinski definition) is 9. The normalized spacial score (nSPS) is 14.2. The van der Waals surface area contributed by atoms with E-state index >= 15 is 4.39 Å². The maximum Gasteiger partial charge on any atom is 0.190 e. The molecule has 11 heteroatoms. The number of benzene rings is 1. The summed E-state index contributed by atoms with van der Waals surface area (Å²) in [5.41, 5.74) is 8.94. The van der Waals surface area contributed by atoms with E-state index in [0.717, 1.165) is 44.0 Å². The van der Waals surface area contributed by atoms with Crippen LogP contribution in [-0.2, 0) is 4.74 Å². The molecule has 1 saturated heterocycles. The zero-order valence-electron chi connectivity index (χ0n) is 19.3. The molecule has 10 nitrogen and oxygen atoms in total. The zero-order chi connectivity index (χ0) is 24.2. The molecule has 0 amide bonds. The highest BCUT2D eigenvalue weighted by molar-refractivity contribution is 5.76. The van der Waals surface area contributed by atoms with Crippen molar-refractivity contribution in [2.75, 3.05) is 45.2 Å². The molecule has 3 aromatic heterocycles. The lowest BCUT2D eigenvalue weighted by molar-refractivity contribution is 0.0322. The highest BCUT2D eigenvalue weighted by Gasteiger charge is 2.20. The molecular formula is C24H25FN8O2. The van der Waals surface area contributed by atoms with E-state index in [2.05, 4.69) is 30.4 Å². The zero-order valence-corrected chi connectivity index (χ0v) is 19.3. The predicted octanol–water partition coefficient (Wildman–Crippen LogP) is 2.53. The van der Waals surface area contributed by atoms with Crippen molar-refractivity contribution >= 4 is 5.82 Å². The molecule has 0 spiro atoms. The van der Waals surface area contributed by atoms with E-state index in [4.69, 9.17) is 15.2 Å². The predicted molar refractivity (Wildman–Crippen MR) is 127 cm³/mol. The van der Waals surface area contributed by atoms with E-state index in [1.54, 1.807) is 37.6 Å². The smallest absolute Gasteiger partial charge is 0.190 e. The molecule has 0 unspecified atom stereocenters. The fourth-order valence-corrected chi connectivity index (χ4v) is 3.96. The number of pyridine rings is 2. The molecular weight excluding hydrogens is 451 g/mol. The van der Waals surface area contributed by atoms with E-state index in [0.29, 0.717) is 23.5 Å². The second kappa shape index (κ2) is 10.1. The summed E-state index contributed by atoms with van der Waals surface area (Å²) >= 11 is 0. The first-order valence-electron chi connectivity index (χ1n) is 11.3. The monoisotopic (exact) mass is 476 g/mol. The Labute approximate surface area is 201 Å². The number of nitrogen functional groups attached to an aromatic ring is 1. The van der Waals surface area contributed by atoms with Crippen LogP contribution in [0.5, 0.6) is 5.75 Å². The number of aromatic nitrogens is 6. The lowest BCUT2D eigenvalue weighted by Gasteiger charge is -2.26. The van der Waals surface area contributed by atoms with Crippen molar-refractivity contribution in [2.45, 2.75) is 6.92 Å². The summed E-state index contributed by atoms with van der Waals surface area (Å²) < 4.78 is 28.0. The van der Waals surface area contributed by atoms with Gasteiger partial charge in [0, 0.05) is 49.4 Å². The van der Waals surface area contributed by atoms with Crippen LogP contribution in [0.1, 0.15) is 5.56 Å². The Balaban J connectivity index is 1.41. The van der Waals surface area contributed by atoms with Gasteiger partial charge in [0.2, 0.25) is 0 Å². The van der Waals surface area contributed by atoms with Gasteiger partial charge in [-0.2, -0.15) is 4.68 Å². The number of morpholine rings is 1. The van der Waals surface area contributed by atoms with Crippen molar-refractivity contribution in [3.8, 4) is 34.0 Å². The Morgan fingerprint density at radius 3 is 2.71 bits per heavy atom. The van der Waals surface area contributed by atoms with Crippen LogP contribution in [0.15, 0.2) is 48.9 Å². The second-order valence-corrected chi connectivity index (χ2v) is 8.13. The summed E-state index contributed by atoms with van der Waals surface area (Å²) in [6.45, 7) is 6.08. The third-order valence-electron chi connectivity index (χ3n) is 5.96. The summed E-state index contributed by atoms with van der Waals surface area (Å²) in [5, 5.41) is 11.9. The number of anilines is 1. The average Bonchev–Trinajstić information content (AvgIpc) is 3.37. The average molecular weight is 477 g/mol. The van der Waals surface area contributed by atoms with Gasteiger partial charge in [-0.15, -0.1) is 5.10 Å². The van der Waals surface area contributed by atoms with Crippen LogP contribution in [0.2, 0.25) is 0 Å². The Morgan fingerprint density at radius 2 is 1.91 bits per heavy atom. The molecule has 4 aromatic rings. The highest BCUT2D eigenvalue weighted by atomic mass is 19.1. The Kier molecular flexibility index (Phi) is 6.59. The topological polar surface area (TPSA) is 117 Å². The molecule has 180 valence electrons. The van der Waals surface area contributed by atoms with E-state index in [1.165, 1.54) is 4.68 Å². The van der Waals surface area contributed by atoms with Crippen molar-refractivity contribution in [2.24, 2.45) is 0 Å². The number of nitrogens with two attached hydrogens (primary N) is 1. The summed E-state index contributed by atoms with van der Waals surface area (Å²) in [4.78, 5) is 10.6. The molecule has 0 bridgehead atoms. The molecule has 0 aliphatic carbocycles. The fraction of sp³-hybridized carbons (Fsp3) is 0.292. The van der Waals surface area contributed by atoms with Crippen LogP contribution in [-0.4, -0.2) is 74.5 Å². The fourth-order valence-electron chi connectivity index (χ4n) is 3.96. The quantitative estimate of drug-likeness (QED) is 0.429. The van der Waals surface area contributed by atoms with Crippen molar-refractivity contribution < 1.29 is 13.9 Å². The van der Waals surface area contributed by atoms with Crippen LogP contribution >= 0.6 is 0 Å². The molecule has 0 atom stereocenters. The van der Waals surface area contributed by atoms with Crippen molar-refractivity contribution in [1.82, 2.24) is 35.1 Å². The summed E-state index contributed by atoms with van der Waals surface area (Å²) in [6.07, 6.45) is 5.05. The summed E-state index contributed by atoms with van der Waals surface area (Å²) in [5.74, 6) is 0.526. The van der Waals surface area contributed by atoms with Gasteiger partial charge >= 0.3 is 0 Å². The van der Waals surface area contributed by atoms with Gasteiger partial charge < -0.3 is 15.2 Å². The lowest BCUT2D eigenvalue weighted by atomic mass is 10.1. The van der Waals surface area contributed by atoms with Crippen molar-refractivity contribution in [1.29, 1.82) is 0 Å². The van der Waals surface area contributed by atoms with Crippen LogP contribution in [0.4, 0.5) is 10.2 Å². The number of rotatable bonds is 7. The van der Waals surface area contributed by atoms with Gasteiger partial charge in [-0.3, -0.25) is 9.88 Å². The Hall–Kier alpha value is -3.96. The number of nitrogens with zero attached hydrogens (tertiary/aromatic N) is 7. The molecule has 1 fully saturated rings. The first kappa shape index (κ1) is 22.8. The molecule has 2 N–H and O–H groups in total.